The van der Waals surface area contributed by atoms with Crippen molar-refractivity contribution in [3.8, 4) is 17.1 Å². The number of ether oxygens (including phenoxy) is 2. The summed E-state index contributed by atoms with van der Waals surface area (Å²) in [5, 5.41) is 16.6. The maximum absolute atomic E-state index is 12.2. The summed E-state index contributed by atoms with van der Waals surface area (Å²) in [6, 6.07) is 7.89. The molecule has 5 rings (SSSR count). The SMILES string of the molecule is CNCC(O)COc1cccc(-c2nc(N[C@@H]3CCOC3)c(C)c(N3CCN(C(C)=O)C4(CC4)C3)n2)c1. The first-order valence-corrected chi connectivity index (χ1v) is 13.2. The number of hydrogen-bond acceptors (Lipinski definition) is 9. The van der Waals surface area contributed by atoms with Crippen LogP contribution in [0.15, 0.2) is 24.3 Å². The summed E-state index contributed by atoms with van der Waals surface area (Å²) in [4.78, 5) is 26.6. The molecule has 200 valence electrons. The molecule has 3 fully saturated rings. The van der Waals surface area contributed by atoms with Gasteiger partial charge >= 0.3 is 0 Å². The van der Waals surface area contributed by atoms with Crippen LogP contribution in [0.3, 0.4) is 0 Å². The zero-order valence-electron chi connectivity index (χ0n) is 22.0. The summed E-state index contributed by atoms with van der Waals surface area (Å²) in [5.41, 5.74) is 1.78. The summed E-state index contributed by atoms with van der Waals surface area (Å²) in [6.07, 6.45) is 2.41. The normalized spacial score (nSPS) is 21.2. The molecule has 1 spiro atoms. The second-order valence-corrected chi connectivity index (χ2v) is 10.4. The highest BCUT2D eigenvalue weighted by Gasteiger charge is 2.52. The van der Waals surface area contributed by atoms with Crippen LogP contribution in [-0.2, 0) is 9.53 Å². The standard InChI is InChI=1S/C27H38N6O4/c1-18-24(29-21-7-12-36-15-21)30-25(20-5-4-6-23(13-20)37-16-22(35)14-28-3)31-26(18)32-10-11-33(19(2)34)27(17-32)8-9-27/h4-6,13,21-22,28,35H,7-12,14-17H2,1-3H3,(H,29,30,31)/t21-,22?/m1/s1. The van der Waals surface area contributed by atoms with Gasteiger partial charge in [-0.05, 0) is 45.4 Å². The van der Waals surface area contributed by atoms with Crippen LogP contribution in [0.25, 0.3) is 11.4 Å². The summed E-state index contributed by atoms with van der Waals surface area (Å²) in [6.45, 7) is 8.01. The maximum atomic E-state index is 12.2. The van der Waals surface area contributed by atoms with Gasteiger partial charge < -0.3 is 35.0 Å². The molecule has 2 aliphatic heterocycles. The van der Waals surface area contributed by atoms with Gasteiger partial charge in [-0.15, -0.1) is 0 Å². The highest BCUT2D eigenvalue weighted by atomic mass is 16.5. The van der Waals surface area contributed by atoms with E-state index >= 15 is 0 Å². The third-order valence-electron chi connectivity index (χ3n) is 7.52. The van der Waals surface area contributed by atoms with E-state index in [2.05, 4.69) is 22.5 Å². The molecule has 2 atom stereocenters. The number of hydrogen-bond donors (Lipinski definition) is 3. The molecule has 1 unspecified atom stereocenters. The van der Waals surface area contributed by atoms with E-state index < -0.39 is 6.10 Å². The molecule has 0 bridgehead atoms. The van der Waals surface area contributed by atoms with Gasteiger partial charge in [-0.2, -0.15) is 0 Å². The Kier molecular flexibility index (Phi) is 7.50. The van der Waals surface area contributed by atoms with Gasteiger partial charge in [0, 0.05) is 50.8 Å². The molecule has 10 heteroatoms. The lowest BCUT2D eigenvalue weighted by molar-refractivity contribution is -0.132. The Labute approximate surface area is 218 Å². The molecule has 37 heavy (non-hydrogen) atoms. The number of carbonyl (C=O) groups is 1. The number of aliphatic hydroxyl groups is 1. The second-order valence-electron chi connectivity index (χ2n) is 10.4. The average molecular weight is 511 g/mol. The van der Waals surface area contributed by atoms with Crippen molar-refractivity contribution in [1.82, 2.24) is 20.2 Å². The molecule has 3 heterocycles. The largest absolute Gasteiger partial charge is 0.491 e. The van der Waals surface area contributed by atoms with Crippen LogP contribution < -0.4 is 20.3 Å². The van der Waals surface area contributed by atoms with Gasteiger partial charge in [-0.25, -0.2) is 9.97 Å². The quantitative estimate of drug-likeness (QED) is 0.465. The van der Waals surface area contributed by atoms with Crippen molar-refractivity contribution in [3.05, 3.63) is 29.8 Å². The van der Waals surface area contributed by atoms with Crippen molar-refractivity contribution >= 4 is 17.5 Å². The average Bonchev–Trinajstić information content (AvgIpc) is 3.43. The molecule has 1 aromatic carbocycles. The Balaban J connectivity index is 1.45. The number of nitrogens with zero attached hydrogens (tertiary/aromatic N) is 4. The minimum Gasteiger partial charge on any atom is -0.491 e. The smallest absolute Gasteiger partial charge is 0.220 e. The van der Waals surface area contributed by atoms with E-state index in [1.165, 1.54) is 0 Å². The monoisotopic (exact) mass is 510 g/mol. The highest BCUT2D eigenvalue weighted by Crippen LogP contribution is 2.45. The first kappa shape index (κ1) is 25.7. The molecule has 1 aromatic heterocycles. The van der Waals surface area contributed by atoms with Crippen LogP contribution in [-0.4, -0.2) is 96.6 Å². The Bertz CT molecular complexity index is 1120. The molecule has 2 saturated heterocycles. The third kappa shape index (κ3) is 5.66. The van der Waals surface area contributed by atoms with Crippen molar-refractivity contribution in [3.63, 3.8) is 0 Å². The fraction of sp³-hybridized carbons (Fsp3) is 0.593. The zero-order chi connectivity index (χ0) is 26.0. The molecular formula is C27H38N6O4. The van der Waals surface area contributed by atoms with Crippen LogP contribution in [0.1, 0.15) is 31.7 Å². The van der Waals surface area contributed by atoms with Gasteiger partial charge in [0.15, 0.2) is 5.82 Å². The lowest BCUT2D eigenvalue weighted by Crippen LogP contribution is -2.57. The molecule has 10 nitrogen and oxygen atoms in total. The van der Waals surface area contributed by atoms with Gasteiger partial charge in [0.25, 0.3) is 0 Å². The molecule has 3 N–H and O–H groups in total. The number of likely N-dealkylation sites (N-methyl/N-ethyl adjacent to an activating group) is 1. The zero-order valence-corrected chi connectivity index (χ0v) is 22.0. The van der Waals surface area contributed by atoms with Crippen LogP contribution in [0.4, 0.5) is 11.6 Å². The molecule has 1 amide bonds. The molecule has 2 aromatic rings. The minimum absolute atomic E-state index is 0.0730. The number of rotatable bonds is 9. The van der Waals surface area contributed by atoms with Crippen molar-refractivity contribution in [2.75, 3.05) is 63.3 Å². The second kappa shape index (κ2) is 10.8. The van der Waals surface area contributed by atoms with Crippen LogP contribution in [0, 0.1) is 6.92 Å². The van der Waals surface area contributed by atoms with E-state index in [-0.39, 0.29) is 24.1 Å². The number of amides is 1. The van der Waals surface area contributed by atoms with Crippen molar-refractivity contribution in [2.24, 2.45) is 0 Å². The summed E-state index contributed by atoms with van der Waals surface area (Å²) >= 11 is 0. The lowest BCUT2D eigenvalue weighted by atomic mass is 10.1. The Hall–Kier alpha value is -2.95. The van der Waals surface area contributed by atoms with Gasteiger partial charge in [0.05, 0.1) is 18.2 Å². The van der Waals surface area contributed by atoms with E-state index in [1.54, 1.807) is 14.0 Å². The Morgan fingerprint density at radius 1 is 1.32 bits per heavy atom. The van der Waals surface area contributed by atoms with Crippen LogP contribution >= 0.6 is 0 Å². The predicted octanol–water partition coefficient (Wildman–Crippen LogP) is 1.81. The topological polar surface area (TPSA) is 112 Å². The summed E-state index contributed by atoms with van der Waals surface area (Å²) < 4.78 is 11.4. The Morgan fingerprint density at radius 2 is 2.16 bits per heavy atom. The van der Waals surface area contributed by atoms with E-state index in [1.807, 2.05) is 29.2 Å². The van der Waals surface area contributed by atoms with Gasteiger partial charge in [-0.3, -0.25) is 4.79 Å². The number of aliphatic hydroxyl groups excluding tert-OH is 1. The van der Waals surface area contributed by atoms with Crippen molar-refractivity contribution in [2.45, 2.75) is 50.8 Å². The summed E-state index contributed by atoms with van der Waals surface area (Å²) in [5.74, 6) is 3.13. The molecule has 1 saturated carbocycles. The number of benzene rings is 1. The number of aromatic nitrogens is 2. The molecular weight excluding hydrogens is 472 g/mol. The van der Waals surface area contributed by atoms with E-state index in [4.69, 9.17) is 19.4 Å². The minimum atomic E-state index is -0.594. The first-order chi connectivity index (χ1) is 17.9. The van der Waals surface area contributed by atoms with E-state index in [0.29, 0.717) is 31.3 Å². The lowest BCUT2D eigenvalue weighted by Gasteiger charge is -2.43. The van der Waals surface area contributed by atoms with Gasteiger partial charge in [0.1, 0.15) is 30.1 Å². The molecule has 3 aliphatic rings. The van der Waals surface area contributed by atoms with Crippen molar-refractivity contribution in [1.29, 1.82) is 0 Å². The fourth-order valence-electron chi connectivity index (χ4n) is 5.36. The predicted molar refractivity (Wildman–Crippen MR) is 142 cm³/mol. The number of nitrogens with one attached hydrogen (secondary N) is 2. The first-order valence-electron chi connectivity index (χ1n) is 13.2. The Morgan fingerprint density at radius 3 is 2.86 bits per heavy atom. The van der Waals surface area contributed by atoms with E-state index in [0.717, 1.165) is 61.7 Å². The van der Waals surface area contributed by atoms with E-state index in [9.17, 15) is 9.90 Å². The number of piperazine rings is 1. The summed E-state index contributed by atoms with van der Waals surface area (Å²) in [7, 11) is 1.80. The molecule has 1 aliphatic carbocycles. The number of carbonyl (C=O) groups excluding carboxylic acids is 1. The third-order valence-corrected chi connectivity index (χ3v) is 7.52. The van der Waals surface area contributed by atoms with Gasteiger partial charge in [0.2, 0.25) is 5.91 Å². The molecule has 0 radical (unpaired) electrons. The van der Waals surface area contributed by atoms with Crippen molar-refractivity contribution < 1.29 is 19.4 Å². The van der Waals surface area contributed by atoms with Crippen LogP contribution in [0.2, 0.25) is 0 Å². The van der Waals surface area contributed by atoms with Gasteiger partial charge in [-0.1, -0.05) is 12.1 Å². The van der Waals surface area contributed by atoms with Crippen LogP contribution in [0.5, 0.6) is 5.75 Å². The highest BCUT2D eigenvalue weighted by molar-refractivity contribution is 5.76. The maximum Gasteiger partial charge on any atom is 0.220 e. The fourth-order valence-corrected chi connectivity index (χ4v) is 5.36. The number of anilines is 2.